The Bertz CT molecular complexity index is 436. The van der Waals surface area contributed by atoms with Crippen LogP contribution in [-0.4, -0.2) is 71.4 Å². The van der Waals surface area contributed by atoms with Crippen molar-refractivity contribution in [2.75, 3.05) is 45.7 Å². The van der Waals surface area contributed by atoms with Crippen LogP contribution in [0.4, 0.5) is 0 Å². The van der Waals surface area contributed by atoms with Crippen LogP contribution in [0.2, 0.25) is 5.02 Å². The number of hydrogen-bond donors (Lipinski definition) is 1. The first-order chi connectivity index (χ1) is 9.50. The number of hydrogen-bond acceptors (Lipinski definition) is 5. The molecule has 1 aliphatic heterocycles. The molecule has 0 radical (unpaired) electrons. The molecule has 0 aliphatic carbocycles. The van der Waals surface area contributed by atoms with Gasteiger partial charge < -0.3 is 10.6 Å². The summed E-state index contributed by atoms with van der Waals surface area (Å²) >= 11 is 8.28. The molecule has 2 heterocycles. The summed E-state index contributed by atoms with van der Waals surface area (Å²) in [6.07, 6.45) is 1.71. The molecule has 5 nitrogen and oxygen atoms in total. The van der Waals surface area contributed by atoms with Crippen LogP contribution in [-0.2, 0) is 6.54 Å². The molecular weight excluding hydrogens is 294 g/mol. The predicted molar refractivity (Wildman–Crippen MR) is 86.5 cm³/mol. The normalized spacial score (nSPS) is 22.4. The Balaban J connectivity index is 2.15. The number of thioether (sulfide) groups is 1. The van der Waals surface area contributed by atoms with Crippen molar-refractivity contribution >= 4 is 23.4 Å². The second kappa shape index (κ2) is 7.13. The highest BCUT2D eigenvalue weighted by Crippen LogP contribution is 2.29. The topological polar surface area (TPSA) is 50.3 Å². The van der Waals surface area contributed by atoms with E-state index in [0.29, 0.717) is 11.1 Å². The van der Waals surface area contributed by atoms with E-state index in [9.17, 15) is 0 Å². The van der Waals surface area contributed by atoms with Crippen molar-refractivity contribution < 1.29 is 0 Å². The van der Waals surface area contributed by atoms with E-state index in [2.05, 4.69) is 36.0 Å². The number of rotatable bonds is 5. The van der Waals surface area contributed by atoms with Gasteiger partial charge in [0.1, 0.15) is 0 Å². The minimum absolute atomic E-state index is 0.0926. The second-order valence-corrected chi connectivity index (χ2v) is 7.11. The van der Waals surface area contributed by atoms with Gasteiger partial charge in [0, 0.05) is 30.6 Å². The van der Waals surface area contributed by atoms with Crippen LogP contribution in [0.5, 0.6) is 0 Å². The Morgan fingerprint density at radius 3 is 3.00 bits per heavy atom. The van der Waals surface area contributed by atoms with Gasteiger partial charge in [-0.05, 0) is 21.1 Å². The molecule has 0 aromatic carbocycles. The Hall–Kier alpha value is -0.270. The highest BCUT2D eigenvalue weighted by molar-refractivity contribution is 7.99. The van der Waals surface area contributed by atoms with Crippen LogP contribution >= 0.6 is 23.4 Å². The van der Waals surface area contributed by atoms with Gasteiger partial charge in [-0.1, -0.05) is 11.6 Å². The van der Waals surface area contributed by atoms with E-state index in [0.717, 1.165) is 31.1 Å². The molecule has 114 valence electrons. The molecule has 0 amide bonds. The quantitative estimate of drug-likeness (QED) is 0.883. The molecule has 2 unspecified atom stereocenters. The molecule has 0 saturated carbocycles. The van der Waals surface area contributed by atoms with Crippen LogP contribution in [0.25, 0.3) is 0 Å². The fourth-order valence-corrected chi connectivity index (χ4v) is 4.00. The van der Waals surface area contributed by atoms with Crippen molar-refractivity contribution in [1.82, 2.24) is 19.6 Å². The maximum Gasteiger partial charge on any atom is 0.0834 e. The molecule has 1 aliphatic rings. The number of aromatic nitrogens is 2. The Morgan fingerprint density at radius 2 is 2.35 bits per heavy atom. The summed E-state index contributed by atoms with van der Waals surface area (Å²) in [6, 6.07) is 0.228. The van der Waals surface area contributed by atoms with Crippen LogP contribution in [0.15, 0.2) is 6.20 Å². The Labute approximate surface area is 130 Å². The zero-order chi connectivity index (χ0) is 14.7. The van der Waals surface area contributed by atoms with Gasteiger partial charge in [-0.25, -0.2) is 0 Å². The van der Waals surface area contributed by atoms with Crippen LogP contribution in [0.3, 0.4) is 0 Å². The molecule has 2 rings (SSSR count). The lowest BCUT2D eigenvalue weighted by molar-refractivity contribution is 0.231. The van der Waals surface area contributed by atoms with Crippen LogP contribution in [0, 0.1) is 0 Å². The summed E-state index contributed by atoms with van der Waals surface area (Å²) in [6.45, 7) is 2.81. The van der Waals surface area contributed by atoms with Gasteiger partial charge in [0.25, 0.3) is 0 Å². The smallest absolute Gasteiger partial charge is 0.0834 e. The van der Waals surface area contributed by atoms with Crippen molar-refractivity contribution in [2.24, 2.45) is 5.73 Å². The van der Waals surface area contributed by atoms with Gasteiger partial charge in [0.2, 0.25) is 0 Å². The van der Waals surface area contributed by atoms with Crippen molar-refractivity contribution in [2.45, 2.75) is 18.6 Å². The van der Waals surface area contributed by atoms with Crippen molar-refractivity contribution in [3.8, 4) is 0 Å². The molecule has 0 bridgehead atoms. The predicted octanol–water partition coefficient (Wildman–Crippen LogP) is 1.15. The maximum absolute atomic E-state index is 6.50. The van der Waals surface area contributed by atoms with Gasteiger partial charge in [-0.3, -0.25) is 9.58 Å². The highest BCUT2D eigenvalue weighted by atomic mass is 35.5. The fourth-order valence-electron chi connectivity index (χ4n) is 2.44. The number of nitrogens with two attached hydrogens (primary N) is 1. The zero-order valence-corrected chi connectivity index (χ0v) is 14.0. The molecule has 20 heavy (non-hydrogen) atoms. The van der Waals surface area contributed by atoms with Gasteiger partial charge in [-0.2, -0.15) is 16.9 Å². The molecule has 1 fully saturated rings. The first kappa shape index (κ1) is 16.1. The molecule has 1 aromatic heterocycles. The first-order valence-electron chi connectivity index (χ1n) is 6.90. The average Bonchev–Trinajstić information content (AvgIpc) is 2.77. The number of nitrogens with zero attached hydrogens (tertiary/aromatic N) is 4. The summed E-state index contributed by atoms with van der Waals surface area (Å²) in [4.78, 5) is 4.47. The van der Waals surface area contributed by atoms with E-state index in [-0.39, 0.29) is 6.04 Å². The van der Waals surface area contributed by atoms with Gasteiger partial charge in [-0.15, -0.1) is 0 Å². The minimum Gasteiger partial charge on any atom is -0.321 e. The van der Waals surface area contributed by atoms with E-state index in [1.165, 1.54) is 5.75 Å². The van der Waals surface area contributed by atoms with Crippen molar-refractivity contribution in [3.63, 3.8) is 0 Å². The van der Waals surface area contributed by atoms with E-state index in [1.807, 2.05) is 16.4 Å². The molecular formula is C13H24ClN5S. The summed E-state index contributed by atoms with van der Waals surface area (Å²) in [5, 5.41) is 5.06. The van der Waals surface area contributed by atoms with E-state index < -0.39 is 0 Å². The molecule has 2 N–H and O–H groups in total. The SMILES string of the molecule is CN(C)CCn1ncc(Cl)c1C(N)C1CSCCN1C. The monoisotopic (exact) mass is 317 g/mol. The summed E-state index contributed by atoms with van der Waals surface area (Å²) < 4.78 is 1.96. The molecule has 1 saturated heterocycles. The molecule has 0 spiro atoms. The lowest BCUT2D eigenvalue weighted by Gasteiger charge is -2.36. The Kier molecular flexibility index (Phi) is 5.74. The van der Waals surface area contributed by atoms with Crippen LogP contribution in [0.1, 0.15) is 11.7 Å². The van der Waals surface area contributed by atoms with Crippen molar-refractivity contribution in [1.29, 1.82) is 0 Å². The van der Waals surface area contributed by atoms with Gasteiger partial charge in [0.15, 0.2) is 0 Å². The molecule has 1 aromatic rings. The highest BCUT2D eigenvalue weighted by Gasteiger charge is 2.30. The van der Waals surface area contributed by atoms with Crippen LogP contribution < -0.4 is 5.73 Å². The lowest BCUT2D eigenvalue weighted by atomic mass is 10.1. The fraction of sp³-hybridized carbons (Fsp3) is 0.769. The van der Waals surface area contributed by atoms with Crippen molar-refractivity contribution in [3.05, 3.63) is 16.9 Å². The largest absolute Gasteiger partial charge is 0.321 e. The summed E-state index contributed by atoms with van der Waals surface area (Å²) in [5.74, 6) is 2.22. The minimum atomic E-state index is -0.0926. The third kappa shape index (κ3) is 3.68. The Morgan fingerprint density at radius 1 is 1.60 bits per heavy atom. The van der Waals surface area contributed by atoms with Gasteiger partial charge in [0.05, 0.1) is 29.5 Å². The zero-order valence-electron chi connectivity index (χ0n) is 12.4. The first-order valence-corrected chi connectivity index (χ1v) is 8.43. The van der Waals surface area contributed by atoms with E-state index >= 15 is 0 Å². The van der Waals surface area contributed by atoms with E-state index in [4.69, 9.17) is 17.3 Å². The maximum atomic E-state index is 6.50. The molecule has 2 atom stereocenters. The third-order valence-electron chi connectivity index (χ3n) is 3.77. The average molecular weight is 318 g/mol. The number of likely N-dealkylation sites (N-methyl/N-ethyl adjacent to an activating group) is 2. The second-order valence-electron chi connectivity index (χ2n) is 5.55. The van der Waals surface area contributed by atoms with E-state index in [1.54, 1.807) is 6.20 Å². The standard InChI is InChI=1S/C13H24ClN5S/c1-17(2)4-5-19-13(10(14)8-16-19)12(15)11-9-20-7-6-18(11)3/h8,11-12H,4-7,9,15H2,1-3H3. The third-order valence-corrected chi connectivity index (χ3v) is 5.11. The summed E-state index contributed by atoms with van der Waals surface area (Å²) in [7, 11) is 6.24. The summed E-state index contributed by atoms with van der Waals surface area (Å²) in [5.41, 5.74) is 7.46. The lowest BCUT2D eigenvalue weighted by Crippen LogP contribution is -2.46. The molecule has 7 heteroatoms. The van der Waals surface area contributed by atoms with Gasteiger partial charge >= 0.3 is 0 Å². The number of halogens is 1.